The summed E-state index contributed by atoms with van der Waals surface area (Å²) >= 11 is 0. The van der Waals surface area contributed by atoms with Crippen molar-refractivity contribution in [2.45, 2.75) is 51.9 Å². The number of benzene rings is 2. The average Bonchev–Trinajstić information content (AvgIpc) is 3.43. The van der Waals surface area contributed by atoms with Crippen molar-refractivity contribution in [2.75, 3.05) is 13.1 Å². The summed E-state index contributed by atoms with van der Waals surface area (Å²) in [5.41, 5.74) is 4.52. The molecule has 182 valence electrons. The molecule has 1 saturated heterocycles. The maximum atomic E-state index is 13.3. The van der Waals surface area contributed by atoms with E-state index in [0.29, 0.717) is 19.5 Å². The minimum absolute atomic E-state index is 0.147. The Balaban J connectivity index is 1.22. The smallest absolute Gasteiger partial charge is 0.290 e. The van der Waals surface area contributed by atoms with Crippen molar-refractivity contribution in [1.82, 2.24) is 15.1 Å². The molecule has 6 nitrogen and oxygen atoms in total. The largest absolute Gasteiger partial charge is 0.459 e. The Bertz CT molecular complexity index is 1150. The maximum Gasteiger partial charge on any atom is 0.290 e. The fourth-order valence-electron chi connectivity index (χ4n) is 5.06. The van der Waals surface area contributed by atoms with Crippen LogP contribution in [0.3, 0.4) is 0 Å². The van der Waals surface area contributed by atoms with Crippen molar-refractivity contribution in [2.24, 2.45) is 5.92 Å². The Labute approximate surface area is 206 Å². The van der Waals surface area contributed by atoms with Crippen LogP contribution in [0.15, 0.2) is 71.3 Å². The third-order valence-electron chi connectivity index (χ3n) is 7.32. The molecular formula is C29H33N3O3. The number of nitrogens with zero attached hydrogens (tertiary/aromatic N) is 2. The Hall–Kier alpha value is -3.38. The zero-order valence-corrected chi connectivity index (χ0v) is 20.3. The van der Waals surface area contributed by atoms with E-state index in [4.69, 9.17) is 4.42 Å². The Morgan fingerprint density at radius 1 is 0.943 bits per heavy atom. The van der Waals surface area contributed by atoms with Crippen LogP contribution >= 0.6 is 0 Å². The van der Waals surface area contributed by atoms with Gasteiger partial charge in [-0.3, -0.25) is 14.5 Å². The summed E-state index contributed by atoms with van der Waals surface area (Å²) in [6, 6.07) is 19.2. The van der Waals surface area contributed by atoms with Gasteiger partial charge < -0.3 is 14.6 Å². The minimum Gasteiger partial charge on any atom is -0.459 e. The lowest BCUT2D eigenvalue weighted by Gasteiger charge is -2.35. The van der Waals surface area contributed by atoms with E-state index in [1.54, 1.807) is 17.0 Å². The molecule has 1 atom stereocenters. The zero-order chi connectivity index (χ0) is 24.2. The van der Waals surface area contributed by atoms with Crippen LogP contribution in [0.25, 0.3) is 0 Å². The zero-order valence-electron chi connectivity index (χ0n) is 20.3. The monoisotopic (exact) mass is 471 g/mol. The van der Waals surface area contributed by atoms with Crippen molar-refractivity contribution in [3.8, 4) is 0 Å². The lowest BCUT2D eigenvalue weighted by atomic mass is 9.93. The van der Waals surface area contributed by atoms with Crippen LogP contribution in [-0.4, -0.2) is 40.7 Å². The molecule has 2 aliphatic rings. The van der Waals surface area contributed by atoms with E-state index in [1.165, 1.54) is 24.7 Å². The van der Waals surface area contributed by atoms with Crippen molar-refractivity contribution in [3.05, 3.63) is 94.9 Å². The first-order valence-corrected chi connectivity index (χ1v) is 12.6. The molecule has 3 aromatic rings. The molecule has 5 rings (SSSR count). The van der Waals surface area contributed by atoms with Gasteiger partial charge in [-0.05, 0) is 66.2 Å². The van der Waals surface area contributed by atoms with Gasteiger partial charge in [0.1, 0.15) is 6.04 Å². The topological polar surface area (TPSA) is 65.8 Å². The van der Waals surface area contributed by atoms with Gasteiger partial charge in [0.2, 0.25) is 5.91 Å². The van der Waals surface area contributed by atoms with E-state index in [2.05, 4.69) is 41.4 Å². The molecule has 0 radical (unpaired) electrons. The van der Waals surface area contributed by atoms with Gasteiger partial charge in [-0.15, -0.1) is 0 Å². The highest BCUT2D eigenvalue weighted by molar-refractivity contribution is 5.96. The van der Waals surface area contributed by atoms with Gasteiger partial charge in [0.25, 0.3) is 5.91 Å². The molecule has 1 fully saturated rings. The number of piperidine rings is 1. The third-order valence-corrected chi connectivity index (χ3v) is 7.32. The van der Waals surface area contributed by atoms with E-state index in [-0.39, 0.29) is 17.6 Å². The summed E-state index contributed by atoms with van der Waals surface area (Å²) in [4.78, 5) is 30.5. The predicted molar refractivity (Wildman–Crippen MR) is 134 cm³/mol. The summed E-state index contributed by atoms with van der Waals surface area (Å²) in [5.74, 6) is 0.674. The average molecular weight is 472 g/mol. The summed E-state index contributed by atoms with van der Waals surface area (Å²) in [6.07, 6.45) is 4.52. The molecule has 35 heavy (non-hydrogen) atoms. The van der Waals surface area contributed by atoms with Gasteiger partial charge in [0, 0.05) is 26.1 Å². The van der Waals surface area contributed by atoms with Crippen LogP contribution in [0.5, 0.6) is 0 Å². The first-order valence-electron chi connectivity index (χ1n) is 12.6. The first kappa shape index (κ1) is 23.4. The Morgan fingerprint density at radius 2 is 1.66 bits per heavy atom. The van der Waals surface area contributed by atoms with E-state index in [0.717, 1.165) is 42.2 Å². The Kier molecular flexibility index (Phi) is 7.00. The quantitative estimate of drug-likeness (QED) is 0.579. The van der Waals surface area contributed by atoms with Gasteiger partial charge in [0.15, 0.2) is 5.76 Å². The number of carbonyl (C=O) groups excluding carboxylic acids is 2. The van der Waals surface area contributed by atoms with Crippen LogP contribution < -0.4 is 5.32 Å². The number of hydrogen-bond acceptors (Lipinski definition) is 4. The van der Waals surface area contributed by atoms with Gasteiger partial charge in [-0.25, -0.2) is 0 Å². The highest BCUT2D eigenvalue weighted by Gasteiger charge is 2.35. The second-order valence-corrected chi connectivity index (χ2v) is 9.89. The molecule has 2 amide bonds. The molecule has 0 spiro atoms. The molecule has 6 heteroatoms. The van der Waals surface area contributed by atoms with Crippen LogP contribution in [0.2, 0.25) is 0 Å². The predicted octanol–water partition coefficient (Wildman–Crippen LogP) is 4.40. The highest BCUT2D eigenvalue weighted by Crippen LogP contribution is 2.25. The van der Waals surface area contributed by atoms with Gasteiger partial charge in [-0.2, -0.15) is 0 Å². The SMILES string of the molecule is CC1CCN(Cc2ccc(CNC(=O)C3Cc4ccccc4CN3C(=O)c3ccco3)cc2)CC1. The van der Waals surface area contributed by atoms with E-state index in [9.17, 15) is 9.59 Å². The number of nitrogens with one attached hydrogen (secondary N) is 1. The van der Waals surface area contributed by atoms with Crippen molar-refractivity contribution >= 4 is 11.8 Å². The van der Waals surface area contributed by atoms with Crippen LogP contribution in [0, 0.1) is 5.92 Å². The van der Waals surface area contributed by atoms with Crippen molar-refractivity contribution in [1.29, 1.82) is 0 Å². The van der Waals surface area contributed by atoms with E-state index in [1.807, 2.05) is 24.3 Å². The molecule has 1 aromatic heterocycles. The molecule has 0 saturated carbocycles. The second-order valence-electron chi connectivity index (χ2n) is 9.89. The lowest BCUT2D eigenvalue weighted by molar-refractivity contribution is -0.126. The normalized spacial score (nSPS) is 18.8. The van der Waals surface area contributed by atoms with Gasteiger partial charge in [-0.1, -0.05) is 55.5 Å². The number of likely N-dealkylation sites (tertiary alicyclic amines) is 1. The van der Waals surface area contributed by atoms with Gasteiger partial charge in [0.05, 0.1) is 6.26 Å². The number of fused-ring (bicyclic) bond motifs is 1. The standard InChI is InChI=1S/C29H33N3O3/c1-21-12-14-31(15-13-21)19-23-10-8-22(9-11-23)18-30-28(33)26-17-24-5-2-3-6-25(24)20-32(26)29(34)27-7-4-16-35-27/h2-11,16,21,26H,12-15,17-20H2,1H3,(H,30,33). The number of carbonyl (C=O) groups is 2. The fourth-order valence-corrected chi connectivity index (χ4v) is 5.06. The molecule has 1 unspecified atom stereocenters. The summed E-state index contributed by atoms with van der Waals surface area (Å²) in [5, 5.41) is 3.06. The van der Waals surface area contributed by atoms with Gasteiger partial charge >= 0.3 is 0 Å². The Morgan fingerprint density at radius 3 is 2.37 bits per heavy atom. The maximum absolute atomic E-state index is 13.3. The van der Waals surface area contributed by atoms with Crippen molar-refractivity contribution in [3.63, 3.8) is 0 Å². The molecule has 0 bridgehead atoms. The number of rotatable bonds is 6. The molecule has 2 aromatic carbocycles. The van der Waals surface area contributed by atoms with E-state index < -0.39 is 6.04 Å². The highest BCUT2D eigenvalue weighted by atomic mass is 16.3. The van der Waals surface area contributed by atoms with Crippen LogP contribution in [0.4, 0.5) is 0 Å². The summed E-state index contributed by atoms with van der Waals surface area (Å²) in [7, 11) is 0. The fraction of sp³-hybridized carbons (Fsp3) is 0.379. The second kappa shape index (κ2) is 10.5. The molecular weight excluding hydrogens is 438 g/mol. The van der Waals surface area contributed by atoms with Crippen molar-refractivity contribution < 1.29 is 14.0 Å². The number of furan rings is 1. The molecule has 3 heterocycles. The molecule has 2 aliphatic heterocycles. The molecule has 0 aliphatic carbocycles. The minimum atomic E-state index is -0.580. The van der Waals surface area contributed by atoms with E-state index >= 15 is 0 Å². The number of hydrogen-bond donors (Lipinski definition) is 1. The van der Waals surface area contributed by atoms with Crippen LogP contribution in [0.1, 0.15) is 52.6 Å². The number of amides is 2. The molecule has 1 N–H and O–H groups in total. The summed E-state index contributed by atoms with van der Waals surface area (Å²) < 4.78 is 5.34. The third kappa shape index (κ3) is 5.49. The lowest BCUT2D eigenvalue weighted by Crippen LogP contribution is -2.52. The van der Waals surface area contributed by atoms with Crippen LogP contribution in [-0.2, 0) is 30.8 Å². The first-order chi connectivity index (χ1) is 17.1. The summed E-state index contributed by atoms with van der Waals surface area (Å²) in [6.45, 7) is 6.45.